The number of carbonyl (C=O) groups excluding carboxylic acids is 2. The summed E-state index contributed by atoms with van der Waals surface area (Å²) < 4.78 is 0. The fraction of sp³-hybridized carbons (Fsp3) is 0.130. The summed E-state index contributed by atoms with van der Waals surface area (Å²) in [6.07, 6.45) is 0. The average Bonchev–Trinajstić information content (AvgIpc) is 2.76. The number of nitrogens with one attached hydrogen (secondary N) is 1. The van der Waals surface area contributed by atoms with Crippen LogP contribution >= 0.6 is 0 Å². The summed E-state index contributed by atoms with van der Waals surface area (Å²) in [4.78, 5) is 26.2. The van der Waals surface area contributed by atoms with Crippen LogP contribution in [0.3, 0.4) is 0 Å². The van der Waals surface area contributed by atoms with Gasteiger partial charge in [0.1, 0.15) is 5.92 Å². The topological polar surface area (TPSA) is 75.7 Å². The summed E-state index contributed by atoms with van der Waals surface area (Å²) in [5, 5.41) is 13.6. The van der Waals surface area contributed by atoms with Gasteiger partial charge in [-0.2, -0.15) is 5.28 Å². The Hall–Kier alpha value is -3.48. The first kappa shape index (κ1) is 18.9. The van der Waals surface area contributed by atoms with Gasteiger partial charge in [-0.3, -0.25) is 20.0 Å². The molecular weight excluding hydrogens is 366 g/mol. The van der Waals surface area contributed by atoms with E-state index in [4.69, 9.17) is 0 Å². The zero-order valence-corrected chi connectivity index (χ0v) is 15.6. The molecule has 1 saturated heterocycles. The van der Waals surface area contributed by atoms with Crippen molar-refractivity contribution < 1.29 is 9.59 Å². The monoisotopic (exact) mass is 386 g/mol. The Labute approximate surface area is 168 Å². The largest absolute Gasteiger partial charge is 0.749 e. The van der Waals surface area contributed by atoms with E-state index in [2.05, 4.69) is 5.43 Å². The van der Waals surface area contributed by atoms with Gasteiger partial charge in [-0.1, -0.05) is 91.0 Å². The Kier molecular flexibility index (Phi) is 5.37. The molecule has 0 radical (unpaired) electrons. The maximum Gasteiger partial charge on any atom is 0.251 e. The van der Waals surface area contributed by atoms with E-state index < -0.39 is 23.7 Å². The third-order valence-corrected chi connectivity index (χ3v) is 5.05. The highest BCUT2D eigenvalue weighted by atomic mass is 16.6. The molecule has 1 aliphatic heterocycles. The molecule has 1 N–H and O–H groups in total. The minimum atomic E-state index is -1.05. The van der Waals surface area contributed by atoms with Crippen LogP contribution in [0, 0.1) is 11.1 Å². The number of hydrazine groups is 2. The van der Waals surface area contributed by atoms with Crippen LogP contribution in [0.4, 0.5) is 0 Å². The number of nitrogens with zero attached hydrogens (tertiary/aromatic N) is 2. The van der Waals surface area contributed by atoms with Crippen LogP contribution in [0.5, 0.6) is 0 Å². The molecule has 0 spiro atoms. The van der Waals surface area contributed by atoms with Crippen molar-refractivity contribution in [2.75, 3.05) is 0 Å². The number of amides is 2. The Morgan fingerprint density at radius 1 is 0.793 bits per heavy atom. The lowest BCUT2D eigenvalue weighted by Crippen LogP contribution is -2.63. The highest BCUT2D eigenvalue weighted by Crippen LogP contribution is 2.35. The first-order chi connectivity index (χ1) is 14.1. The van der Waals surface area contributed by atoms with Crippen molar-refractivity contribution >= 4 is 11.8 Å². The van der Waals surface area contributed by atoms with Crippen molar-refractivity contribution in [2.45, 2.75) is 12.5 Å². The summed E-state index contributed by atoms with van der Waals surface area (Å²) in [7, 11) is 0. The zero-order chi connectivity index (χ0) is 20.2. The van der Waals surface area contributed by atoms with Gasteiger partial charge in [0.25, 0.3) is 5.91 Å². The van der Waals surface area contributed by atoms with E-state index in [1.54, 1.807) is 0 Å². The maximum atomic E-state index is 13.4. The summed E-state index contributed by atoms with van der Waals surface area (Å²) in [6, 6.07) is 28.0. The standard InChI is InChI=1S/C23H20N3O3/c27-22-21(20(18-12-6-2-7-13-18)19-14-8-3-9-15-19)23(28)25(26(29)24-22)16-17-10-4-1-5-11-17/h1-15,20-21H,16H2,(H,24,27)/q-1. The molecule has 1 heterocycles. The van der Waals surface area contributed by atoms with E-state index in [0.717, 1.165) is 21.7 Å². The normalized spacial score (nSPS) is 17.4. The first-order valence-electron chi connectivity index (χ1n) is 9.38. The number of hydrogen-bond donors (Lipinski definition) is 1. The molecule has 3 aromatic rings. The molecule has 2 amide bonds. The van der Waals surface area contributed by atoms with Crippen molar-refractivity contribution in [3.05, 3.63) is 113 Å². The minimum absolute atomic E-state index is 0.0796. The van der Waals surface area contributed by atoms with Gasteiger partial charge in [0.15, 0.2) is 0 Å². The molecule has 0 aliphatic carbocycles. The lowest BCUT2D eigenvalue weighted by Gasteiger charge is -2.46. The van der Waals surface area contributed by atoms with Gasteiger partial charge in [0.05, 0.1) is 6.54 Å². The quantitative estimate of drug-likeness (QED) is 0.683. The highest BCUT2D eigenvalue weighted by molar-refractivity contribution is 6.03. The fourth-order valence-electron chi connectivity index (χ4n) is 3.68. The summed E-state index contributed by atoms with van der Waals surface area (Å²) in [6.45, 7) is 0.0796. The number of carbonyl (C=O) groups is 2. The second-order valence-corrected chi connectivity index (χ2v) is 6.91. The summed E-state index contributed by atoms with van der Waals surface area (Å²) in [5.41, 5.74) is 4.77. The first-order valence-corrected chi connectivity index (χ1v) is 9.38. The van der Waals surface area contributed by atoms with E-state index in [1.807, 2.05) is 91.0 Å². The molecule has 146 valence electrons. The van der Waals surface area contributed by atoms with E-state index in [9.17, 15) is 14.8 Å². The summed E-state index contributed by atoms with van der Waals surface area (Å²) >= 11 is 0. The molecule has 6 nitrogen and oxygen atoms in total. The Morgan fingerprint density at radius 2 is 1.28 bits per heavy atom. The predicted octanol–water partition coefficient (Wildman–Crippen LogP) is 3.22. The van der Waals surface area contributed by atoms with Crippen LogP contribution in [0.25, 0.3) is 0 Å². The van der Waals surface area contributed by atoms with Gasteiger partial charge >= 0.3 is 0 Å². The molecule has 3 aromatic carbocycles. The van der Waals surface area contributed by atoms with E-state index >= 15 is 0 Å². The molecule has 4 rings (SSSR count). The fourth-order valence-corrected chi connectivity index (χ4v) is 3.68. The minimum Gasteiger partial charge on any atom is -0.749 e. The van der Waals surface area contributed by atoms with Crippen LogP contribution in [0.2, 0.25) is 0 Å². The highest BCUT2D eigenvalue weighted by Gasteiger charge is 2.43. The smallest absolute Gasteiger partial charge is 0.251 e. The molecule has 0 bridgehead atoms. The molecule has 0 aromatic heterocycles. The molecule has 1 fully saturated rings. The molecular formula is C23H20N3O3-. The number of benzene rings is 3. The molecule has 1 atom stereocenters. The Balaban J connectivity index is 1.73. The van der Waals surface area contributed by atoms with E-state index in [1.165, 1.54) is 0 Å². The third kappa shape index (κ3) is 3.89. The van der Waals surface area contributed by atoms with Crippen molar-refractivity contribution in [1.82, 2.24) is 15.7 Å². The number of hydrogen-bond acceptors (Lipinski definition) is 4. The van der Waals surface area contributed by atoms with Gasteiger partial charge in [0, 0.05) is 5.92 Å². The Bertz CT molecular complexity index is 941. The second kappa shape index (κ2) is 8.26. The molecule has 6 heteroatoms. The molecule has 1 unspecified atom stereocenters. The molecule has 1 aliphatic rings. The predicted molar refractivity (Wildman–Crippen MR) is 109 cm³/mol. The van der Waals surface area contributed by atoms with Crippen LogP contribution in [-0.4, -0.2) is 22.1 Å². The molecule has 29 heavy (non-hydrogen) atoms. The van der Waals surface area contributed by atoms with Crippen LogP contribution < -0.4 is 5.43 Å². The number of rotatable bonds is 5. The summed E-state index contributed by atoms with van der Waals surface area (Å²) in [5.74, 6) is -2.68. The molecule has 0 saturated carbocycles. The lowest BCUT2D eigenvalue weighted by molar-refractivity contribution is -0.174. The van der Waals surface area contributed by atoms with Crippen molar-refractivity contribution in [3.63, 3.8) is 0 Å². The van der Waals surface area contributed by atoms with Crippen LogP contribution in [0.15, 0.2) is 91.0 Å². The van der Waals surface area contributed by atoms with Gasteiger partial charge in [-0.25, -0.2) is 0 Å². The van der Waals surface area contributed by atoms with E-state index in [-0.39, 0.29) is 11.8 Å². The van der Waals surface area contributed by atoms with E-state index in [0.29, 0.717) is 0 Å². The second-order valence-electron chi connectivity index (χ2n) is 6.91. The van der Waals surface area contributed by atoms with Crippen molar-refractivity contribution in [1.29, 1.82) is 0 Å². The average molecular weight is 386 g/mol. The Morgan fingerprint density at radius 3 is 1.79 bits per heavy atom. The zero-order valence-electron chi connectivity index (χ0n) is 15.6. The van der Waals surface area contributed by atoms with Crippen molar-refractivity contribution in [2.24, 2.45) is 5.92 Å². The maximum absolute atomic E-state index is 13.4. The van der Waals surface area contributed by atoms with Gasteiger partial charge in [0.2, 0.25) is 5.91 Å². The van der Waals surface area contributed by atoms with Gasteiger partial charge in [-0.05, 0) is 16.7 Å². The van der Waals surface area contributed by atoms with Gasteiger partial charge < -0.3 is 5.21 Å². The third-order valence-electron chi connectivity index (χ3n) is 5.05. The SMILES string of the molecule is O=C1NN([O-])N(Cc2ccccc2)C(=O)C1C(c1ccccc1)c1ccccc1. The lowest BCUT2D eigenvalue weighted by atomic mass is 9.79. The van der Waals surface area contributed by atoms with Crippen LogP contribution in [0.1, 0.15) is 22.6 Å². The van der Waals surface area contributed by atoms with Crippen LogP contribution in [-0.2, 0) is 16.1 Å². The van der Waals surface area contributed by atoms with Gasteiger partial charge in [-0.15, -0.1) is 0 Å². The van der Waals surface area contributed by atoms with Crippen molar-refractivity contribution in [3.8, 4) is 0 Å².